The minimum atomic E-state index is -0.484. The minimum Gasteiger partial charge on any atom is -0.348 e. The SMILES string of the molecule is Cc1c(C(=O)NC(C)C)nnn1-c1cccc([N+](=O)[O-])c1. The first-order valence-electron chi connectivity index (χ1n) is 6.38. The van der Waals surface area contributed by atoms with Crippen LogP contribution in [-0.4, -0.2) is 31.9 Å². The van der Waals surface area contributed by atoms with Crippen LogP contribution in [0.15, 0.2) is 24.3 Å². The lowest BCUT2D eigenvalue weighted by Gasteiger charge is -2.07. The molecule has 0 atom stereocenters. The third-order valence-corrected chi connectivity index (χ3v) is 2.81. The van der Waals surface area contributed by atoms with Gasteiger partial charge >= 0.3 is 0 Å². The Balaban J connectivity index is 2.38. The van der Waals surface area contributed by atoms with Gasteiger partial charge in [-0.1, -0.05) is 11.3 Å². The van der Waals surface area contributed by atoms with E-state index in [0.717, 1.165) is 0 Å². The molecular weight excluding hydrogens is 274 g/mol. The minimum absolute atomic E-state index is 0.0140. The van der Waals surface area contributed by atoms with Crippen molar-refractivity contribution in [3.8, 4) is 5.69 Å². The van der Waals surface area contributed by atoms with E-state index in [4.69, 9.17) is 0 Å². The molecule has 2 rings (SSSR count). The molecule has 0 fully saturated rings. The summed E-state index contributed by atoms with van der Waals surface area (Å²) >= 11 is 0. The normalized spacial score (nSPS) is 10.7. The molecule has 110 valence electrons. The number of carbonyl (C=O) groups is 1. The fraction of sp³-hybridized carbons (Fsp3) is 0.308. The molecule has 1 heterocycles. The smallest absolute Gasteiger partial charge is 0.273 e. The van der Waals surface area contributed by atoms with Crippen molar-refractivity contribution in [3.63, 3.8) is 0 Å². The van der Waals surface area contributed by atoms with Crippen LogP contribution in [-0.2, 0) is 0 Å². The molecule has 8 heteroatoms. The molecule has 0 bridgehead atoms. The third kappa shape index (κ3) is 3.04. The summed E-state index contributed by atoms with van der Waals surface area (Å²) in [6.45, 7) is 5.38. The molecule has 1 N–H and O–H groups in total. The lowest BCUT2D eigenvalue weighted by atomic mass is 10.2. The van der Waals surface area contributed by atoms with Crippen LogP contribution in [0.1, 0.15) is 30.0 Å². The largest absolute Gasteiger partial charge is 0.348 e. The first-order valence-corrected chi connectivity index (χ1v) is 6.38. The molecule has 0 unspecified atom stereocenters. The quantitative estimate of drug-likeness (QED) is 0.680. The number of benzene rings is 1. The van der Waals surface area contributed by atoms with Gasteiger partial charge in [-0.15, -0.1) is 5.10 Å². The third-order valence-electron chi connectivity index (χ3n) is 2.81. The summed E-state index contributed by atoms with van der Waals surface area (Å²) in [7, 11) is 0. The number of hydrogen-bond donors (Lipinski definition) is 1. The van der Waals surface area contributed by atoms with Crippen LogP contribution >= 0.6 is 0 Å². The number of aromatic nitrogens is 3. The second-order valence-electron chi connectivity index (χ2n) is 4.84. The highest BCUT2D eigenvalue weighted by molar-refractivity contribution is 5.93. The van der Waals surface area contributed by atoms with Crippen LogP contribution < -0.4 is 5.32 Å². The monoisotopic (exact) mass is 289 g/mol. The summed E-state index contributed by atoms with van der Waals surface area (Å²) in [5, 5.41) is 21.3. The van der Waals surface area contributed by atoms with E-state index in [-0.39, 0.29) is 23.3 Å². The van der Waals surface area contributed by atoms with Crippen molar-refractivity contribution in [1.82, 2.24) is 20.3 Å². The highest BCUT2D eigenvalue weighted by Crippen LogP contribution is 2.18. The molecule has 1 aromatic heterocycles. The fourth-order valence-electron chi connectivity index (χ4n) is 1.85. The van der Waals surface area contributed by atoms with Crippen molar-refractivity contribution in [2.75, 3.05) is 0 Å². The van der Waals surface area contributed by atoms with Gasteiger partial charge in [-0.05, 0) is 26.8 Å². The average Bonchev–Trinajstić information content (AvgIpc) is 2.80. The van der Waals surface area contributed by atoms with E-state index >= 15 is 0 Å². The van der Waals surface area contributed by atoms with E-state index in [1.54, 1.807) is 19.1 Å². The van der Waals surface area contributed by atoms with Gasteiger partial charge in [-0.2, -0.15) is 0 Å². The Hall–Kier alpha value is -2.77. The Morgan fingerprint density at radius 2 is 2.14 bits per heavy atom. The number of non-ortho nitro benzene ring substituents is 1. The van der Waals surface area contributed by atoms with Crippen molar-refractivity contribution in [2.24, 2.45) is 0 Å². The predicted octanol–water partition coefficient (Wildman–Crippen LogP) is 1.62. The van der Waals surface area contributed by atoms with Gasteiger partial charge in [-0.3, -0.25) is 14.9 Å². The van der Waals surface area contributed by atoms with Gasteiger partial charge in [0.1, 0.15) is 0 Å². The number of nitro benzene ring substituents is 1. The van der Waals surface area contributed by atoms with Gasteiger partial charge in [0.05, 0.1) is 16.3 Å². The molecule has 0 aliphatic carbocycles. The van der Waals surface area contributed by atoms with Crippen LogP contribution in [0.4, 0.5) is 5.69 Å². The number of rotatable bonds is 4. The molecule has 0 radical (unpaired) electrons. The number of nitrogens with zero attached hydrogens (tertiary/aromatic N) is 4. The van der Waals surface area contributed by atoms with Crippen LogP contribution in [0.5, 0.6) is 0 Å². The molecule has 0 aliphatic rings. The first kappa shape index (κ1) is 14.6. The van der Waals surface area contributed by atoms with Gasteiger partial charge in [0, 0.05) is 18.2 Å². The Bertz CT molecular complexity index is 693. The van der Waals surface area contributed by atoms with Crippen molar-refractivity contribution in [3.05, 3.63) is 45.8 Å². The Morgan fingerprint density at radius 1 is 1.43 bits per heavy atom. The number of hydrogen-bond acceptors (Lipinski definition) is 5. The summed E-state index contributed by atoms with van der Waals surface area (Å²) in [6, 6.07) is 5.98. The molecular formula is C13H15N5O3. The van der Waals surface area contributed by atoms with Crippen molar-refractivity contribution in [1.29, 1.82) is 0 Å². The molecule has 1 amide bonds. The maximum atomic E-state index is 12.0. The highest BCUT2D eigenvalue weighted by Gasteiger charge is 2.18. The van der Waals surface area contributed by atoms with E-state index in [0.29, 0.717) is 11.4 Å². The maximum Gasteiger partial charge on any atom is 0.273 e. The van der Waals surface area contributed by atoms with E-state index in [2.05, 4.69) is 15.6 Å². The van der Waals surface area contributed by atoms with Crippen LogP contribution in [0.3, 0.4) is 0 Å². The second kappa shape index (κ2) is 5.70. The molecule has 0 spiro atoms. The number of nitrogens with one attached hydrogen (secondary N) is 1. The van der Waals surface area contributed by atoms with Crippen LogP contribution in [0, 0.1) is 17.0 Å². The van der Waals surface area contributed by atoms with Gasteiger partial charge in [0.25, 0.3) is 11.6 Å². The summed E-state index contributed by atoms with van der Waals surface area (Å²) in [5.41, 5.74) is 1.16. The van der Waals surface area contributed by atoms with Crippen molar-refractivity contribution in [2.45, 2.75) is 26.8 Å². The molecule has 8 nitrogen and oxygen atoms in total. The van der Waals surface area contributed by atoms with Gasteiger partial charge < -0.3 is 5.32 Å². The fourth-order valence-corrected chi connectivity index (χ4v) is 1.85. The van der Waals surface area contributed by atoms with E-state index in [9.17, 15) is 14.9 Å². The van der Waals surface area contributed by atoms with Crippen molar-refractivity contribution >= 4 is 11.6 Å². The predicted molar refractivity (Wildman–Crippen MR) is 75.4 cm³/mol. The summed E-state index contributed by atoms with van der Waals surface area (Å²) < 4.78 is 1.40. The van der Waals surface area contributed by atoms with Crippen LogP contribution in [0.25, 0.3) is 5.69 Å². The lowest BCUT2D eigenvalue weighted by molar-refractivity contribution is -0.384. The second-order valence-corrected chi connectivity index (χ2v) is 4.84. The van der Waals surface area contributed by atoms with Gasteiger partial charge in [0.2, 0.25) is 0 Å². The Morgan fingerprint density at radius 3 is 2.76 bits per heavy atom. The van der Waals surface area contributed by atoms with E-state index in [1.165, 1.54) is 16.8 Å². The standard InChI is InChI=1S/C13H15N5O3/c1-8(2)14-13(19)12-9(3)17(16-15-12)10-5-4-6-11(7-10)18(20)21/h4-8H,1-3H3,(H,14,19). The number of carbonyl (C=O) groups excluding carboxylic acids is 1. The van der Waals surface area contributed by atoms with E-state index in [1.807, 2.05) is 13.8 Å². The summed E-state index contributed by atoms with van der Waals surface area (Å²) in [5.74, 6) is -0.320. The lowest BCUT2D eigenvalue weighted by Crippen LogP contribution is -2.30. The molecule has 0 saturated heterocycles. The highest BCUT2D eigenvalue weighted by atomic mass is 16.6. The zero-order valence-electron chi connectivity index (χ0n) is 11.9. The number of amides is 1. The Kier molecular flexibility index (Phi) is 3.97. The zero-order valence-corrected chi connectivity index (χ0v) is 11.9. The number of nitro groups is 1. The Labute approximate surface area is 120 Å². The first-order chi connectivity index (χ1) is 9.90. The van der Waals surface area contributed by atoms with Crippen molar-refractivity contribution < 1.29 is 9.72 Å². The zero-order chi connectivity index (χ0) is 15.6. The molecule has 0 aliphatic heterocycles. The molecule has 21 heavy (non-hydrogen) atoms. The topological polar surface area (TPSA) is 103 Å². The molecule has 0 saturated carbocycles. The van der Waals surface area contributed by atoms with Gasteiger partial charge in [-0.25, -0.2) is 4.68 Å². The maximum absolute atomic E-state index is 12.0. The van der Waals surface area contributed by atoms with E-state index < -0.39 is 4.92 Å². The van der Waals surface area contributed by atoms with Gasteiger partial charge in [0.15, 0.2) is 5.69 Å². The summed E-state index contributed by atoms with van der Waals surface area (Å²) in [4.78, 5) is 22.3. The average molecular weight is 289 g/mol. The van der Waals surface area contributed by atoms with Crippen LogP contribution in [0.2, 0.25) is 0 Å². The molecule has 1 aromatic carbocycles. The summed E-state index contributed by atoms with van der Waals surface area (Å²) in [6.07, 6.45) is 0. The molecule has 2 aromatic rings.